The van der Waals surface area contributed by atoms with E-state index in [1.807, 2.05) is 39.6 Å². The van der Waals surface area contributed by atoms with Crippen molar-refractivity contribution in [3.63, 3.8) is 0 Å². The molecule has 2 aromatic rings. The molecule has 44 heavy (non-hydrogen) atoms. The zero-order chi connectivity index (χ0) is 31.9. The maximum atomic E-state index is 13.8. The number of nitrogens with one attached hydrogen (secondary N) is 2. The summed E-state index contributed by atoms with van der Waals surface area (Å²) < 4.78 is 24.9. The Balaban J connectivity index is 0.00000675. The van der Waals surface area contributed by atoms with Crippen LogP contribution in [0.5, 0.6) is 11.5 Å². The molecular weight excluding hydrogens is 635 g/mol. The number of hydrogen-bond acceptors (Lipinski definition) is 7. The molecule has 242 valence electrons. The third kappa shape index (κ3) is 8.71. The van der Waals surface area contributed by atoms with Crippen molar-refractivity contribution in [1.82, 2.24) is 10.2 Å². The third-order valence-corrected chi connectivity index (χ3v) is 7.26. The molecule has 0 radical (unpaired) electrons. The lowest BCUT2D eigenvalue weighted by atomic mass is 9.84. The number of halogens is 2. The number of carbonyl (C=O) groups is 3. The van der Waals surface area contributed by atoms with Gasteiger partial charge < -0.3 is 29.7 Å². The first kappa shape index (κ1) is 36.5. The van der Waals surface area contributed by atoms with Crippen molar-refractivity contribution < 1.29 is 33.4 Å². The molecule has 0 bridgehead atoms. The minimum Gasteiger partial charge on any atom is -0.493 e. The number of carboxylic acids is 1. The number of carboxylic acid groups (broad SMARTS) is 1. The van der Waals surface area contributed by atoms with Gasteiger partial charge in [0, 0.05) is 50.3 Å². The lowest BCUT2D eigenvalue weighted by molar-refractivity contribution is -0.137. The van der Waals surface area contributed by atoms with Gasteiger partial charge in [-0.25, -0.2) is 0 Å². The highest BCUT2D eigenvalue weighted by molar-refractivity contribution is 8.93. The summed E-state index contributed by atoms with van der Waals surface area (Å²) in [7, 11) is 3.34. The first-order valence-corrected chi connectivity index (χ1v) is 14.5. The second-order valence-corrected chi connectivity index (χ2v) is 11.6. The number of amidine groups is 1. The second-order valence-electron chi connectivity index (χ2n) is 11.6. The number of aliphatic carboxylic acids is 1. The lowest BCUT2D eigenvalue weighted by Gasteiger charge is -2.30. The van der Waals surface area contributed by atoms with Gasteiger partial charge >= 0.3 is 5.97 Å². The van der Waals surface area contributed by atoms with Crippen LogP contribution in [0.15, 0.2) is 24.3 Å². The molecule has 0 saturated carbocycles. The summed E-state index contributed by atoms with van der Waals surface area (Å²) in [4.78, 5) is 40.8. The quantitative estimate of drug-likeness (QED) is 0.169. The van der Waals surface area contributed by atoms with E-state index in [4.69, 9.17) is 20.0 Å². The van der Waals surface area contributed by atoms with Gasteiger partial charge in [0.2, 0.25) is 0 Å². The van der Waals surface area contributed by atoms with Crippen LogP contribution in [0, 0.1) is 5.41 Å². The summed E-state index contributed by atoms with van der Waals surface area (Å²) in [6.07, 6.45) is 0.579. The van der Waals surface area contributed by atoms with E-state index in [1.165, 1.54) is 7.05 Å². The van der Waals surface area contributed by atoms with Crippen LogP contribution in [-0.2, 0) is 16.8 Å². The molecule has 0 fully saturated rings. The number of ketones is 1. The Morgan fingerprint density at radius 2 is 1.84 bits per heavy atom. The molecule has 0 aromatic heterocycles. The maximum absolute atomic E-state index is 13.8. The van der Waals surface area contributed by atoms with Crippen molar-refractivity contribution in [2.24, 2.45) is 0 Å². The number of ether oxygens (including phenoxy) is 2. The fourth-order valence-corrected chi connectivity index (χ4v) is 5.00. The zero-order valence-corrected chi connectivity index (χ0v) is 28.1. The number of alkyl halides is 1. The van der Waals surface area contributed by atoms with Gasteiger partial charge in [0.05, 0.1) is 37.7 Å². The first-order valence-electron chi connectivity index (χ1n) is 14.5. The van der Waals surface area contributed by atoms with Crippen LogP contribution in [0.2, 0.25) is 0 Å². The van der Waals surface area contributed by atoms with Crippen LogP contribution in [0.25, 0.3) is 0 Å². The standard InChI is InChI=1S/C32H43FN4O6.BrH/c1-7-42-27-16-21-18-37(30(34)22(21)17-23(27)31(41)35-5)19-26(38)20-14-24(32(2,3)4)29(43-13-8-10-28(39)40)25(15-20)36(6)12-9-11-33;/h14-17,34H,7-13,18-19H2,1-6H3,(H,35,41)(H,39,40);1H. The first-order chi connectivity index (χ1) is 20.3. The molecule has 0 unspecified atom stereocenters. The molecule has 3 N–H and O–H groups in total. The number of nitrogens with zero attached hydrogens (tertiary/aromatic N) is 2. The summed E-state index contributed by atoms with van der Waals surface area (Å²) in [5.41, 5.74) is 3.08. The van der Waals surface area contributed by atoms with E-state index in [0.29, 0.717) is 66.4 Å². The lowest BCUT2D eigenvalue weighted by Crippen LogP contribution is -2.31. The van der Waals surface area contributed by atoms with Gasteiger partial charge in [-0.2, -0.15) is 0 Å². The summed E-state index contributed by atoms with van der Waals surface area (Å²) in [5, 5.41) is 20.4. The van der Waals surface area contributed by atoms with Crippen molar-refractivity contribution in [2.45, 2.75) is 58.9 Å². The third-order valence-electron chi connectivity index (χ3n) is 7.26. The Morgan fingerprint density at radius 1 is 1.14 bits per heavy atom. The van der Waals surface area contributed by atoms with Crippen molar-refractivity contribution in [2.75, 3.05) is 52.0 Å². The van der Waals surface area contributed by atoms with E-state index >= 15 is 0 Å². The monoisotopic (exact) mass is 678 g/mol. The van der Waals surface area contributed by atoms with E-state index in [-0.39, 0.29) is 54.1 Å². The van der Waals surface area contributed by atoms with Crippen molar-refractivity contribution in [1.29, 1.82) is 5.41 Å². The van der Waals surface area contributed by atoms with Crippen LogP contribution in [0.1, 0.15) is 84.4 Å². The minimum absolute atomic E-state index is 0. The SMILES string of the molecule is Br.CCOc1cc2c(cc1C(=O)NC)C(=N)N(CC(=O)c1cc(N(C)CCCF)c(OCCCC(=O)O)c(C(C)(C)C)c1)C2. The van der Waals surface area contributed by atoms with Crippen LogP contribution in [-0.4, -0.2) is 80.6 Å². The van der Waals surface area contributed by atoms with E-state index in [9.17, 15) is 18.8 Å². The van der Waals surface area contributed by atoms with E-state index in [0.717, 1.165) is 11.1 Å². The van der Waals surface area contributed by atoms with E-state index in [1.54, 1.807) is 29.2 Å². The molecule has 0 saturated heterocycles. The zero-order valence-electron chi connectivity index (χ0n) is 26.3. The molecule has 2 aromatic carbocycles. The van der Waals surface area contributed by atoms with Crippen LogP contribution in [0.4, 0.5) is 10.1 Å². The number of fused-ring (bicyclic) bond motifs is 1. The molecule has 1 aliphatic rings. The van der Waals surface area contributed by atoms with Crippen molar-refractivity contribution in [3.8, 4) is 11.5 Å². The average Bonchev–Trinajstić information content (AvgIpc) is 3.25. The Morgan fingerprint density at radius 3 is 2.43 bits per heavy atom. The smallest absolute Gasteiger partial charge is 0.303 e. The van der Waals surface area contributed by atoms with Gasteiger partial charge in [0.15, 0.2) is 5.78 Å². The van der Waals surface area contributed by atoms with Gasteiger partial charge in [0.1, 0.15) is 17.3 Å². The molecule has 12 heteroatoms. The van der Waals surface area contributed by atoms with Crippen LogP contribution in [0.3, 0.4) is 0 Å². The van der Waals surface area contributed by atoms with Crippen molar-refractivity contribution >= 4 is 46.2 Å². The Bertz CT molecular complexity index is 1380. The van der Waals surface area contributed by atoms with Gasteiger partial charge in [-0.1, -0.05) is 20.8 Å². The normalized spacial score (nSPS) is 12.3. The fraction of sp³-hybridized carbons (Fsp3) is 0.500. The number of anilines is 1. The summed E-state index contributed by atoms with van der Waals surface area (Å²) in [5.74, 6) is -0.325. The number of rotatable bonds is 15. The van der Waals surface area contributed by atoms with E-state index in [2.05, 4.69) is 5.32 Å². The number of benzene rings is 2. The Hall–Kier alpha value is -3.67. The maximum Gasteiger partial charge on any atom is 0.303 e. The molecular formula is C32H44BrFN4O6. The van der Waals surface area contributed by atoms with Gasteiger partial charge in [-0.3, -0.25) is 24.2 Å². The number of Topliss-reactive ketones (excluding diaryl/α,β-unsaturated/α-hetero) is 1. The summed E-state index contributed by atoms with van der Waals surface area (Å²) in [6.45, 7) is 8.53. The average molecular weight is 680 g/mol. The molecule has 0 aliphatic carbocycles. The number of amides is 1. The predicted molar refractivity (Wildman–Crippen MR) is 174 cm³/mol. The van der Waals surface area contributed by atoms with Crippen LogP contribution < -0.4 is 19.7 Å². The Labute approximate surface area is 269 Å². The number of hydrogen-bond donors (Lipinski definition) is 3. The van der Waals surface area contributed by atoms with Crippen LogP contribution >= 0.6 is 17.0 Å². The minimum atomic E-state index is -0.908. The van der Waals surface area contributed by atoms with Gasteiger partial charge in [0.25, 0.3) is 5.91 Å². The highest BCUT2D eigenvalue weighted by Crippen LogP contribution is 2.41. The summed E-state index contributed by atoms with van der Waals surface area (Å²) >= 11 is 0. The molecule has 1 heterocycles. The Kier molecular flexibility index (Phi) is 13.2. The molecule has 10 nitrogen and oxygen atoms in total. The van der Waals surface area contributed by atoms with Gasteiger partial charge in [-0.15, -0.1) is 17.0 Å². The van der Waals surface area contributed by atoms with E-state index < -0.39 is 18.1 Å². The second kappa shape index (κ2) is 15.9. The molecule has 0 atom stereocenters. The summed E-state index contributed by atoms with van der Waals surface area (Å²) in [6, 6.07) is 6.92. The topological polar surface area (TPSA) is 132 Å². The fourth-order valence-electron chi connectivity index (χ4n) is 5.00. The molecule has 3 rings (SSSR count). The van der Waals surface area contributed by atoms with Gasteiger partial charge in [-0.05, 0) is 55.0 Å². The molecule has 0 spiro atoms. The van der Waals surface area contributed by atoms with Crippen molar-refractivity contribution in [3.05, 3.63) is 52.1 Å². The highest BCUT2D eigenvalue weighted by Gasteiger charge is 2.31. The number of carbonyl (C=O) groups excluding carboxylic acids is 2. The highest BCUT2D eigenvalue weighted by atomic mass is 79.9. The predicted octanol–water partition coefficient (Wildman–Crippen LogP) is 5.38. The largest absolute Gasteiger partial charge is 0.493 e. The molecule has 1 aliphatic heterocycles. The molecule has 1 amide bonds.